The second-order valence-corrected chi connectivity index (χ2v) is 38.4. The fourth-order valence-corrected chi connectivity index (χ4v) is 21.2. The van der Waals surface area contributed by atoms with Crippen LogP contribution in [0.4, 0.5) is 26.3 Å². The number of carbonyl (C=O) groups excluding carboxylic acids is 7. The van der Waals surface area contributed by atoms with Crippen LogP contribution in [0.15, 0.2) is 158 Å². The fraction of sp³-hybridized carbons (Fsp3) is 0.480. The lowest BCUT2D eigenvalue weighted by Crippen LogP contribution is -2.56. The highest BCUT2D eigenvalue weighted by Gasteiger charge is 2.54. The van der Waals surface area contributed by atoms with Gasteiger partial charge in [0.05, 0.1) is 59.1 Å². The second kappa shape index (κ2) is 37.3. The normalized spacial score (nSPS) is 19.0. The molecule has 8 aliphatic heterocycles. The third-order valence-electron chi connectivity index (χ3n) is 29.2. The molecule has 0 atom stereocenters. The van der Waals surface area contributed by atoms with E-state index < -0.39 is 40.5 Å². The monoisotopic (exact) mass is 1820 g/mol. The Labute approximate surface area is 769 Å². The lowest BCUT2D eigenvalue weighted by molar-refractivity contribution is -0.144. The number of phenols is 1. The number of carbonyl (C=O) groups is 7. The van der Waals surface area contributed by atoms with Crippen LogP contribution in [0, 0.1) is 12.3 Å². The number of likely N-dealkylation sites (N-methyl/N-ethyl adjacent to an activating group) is 4. The molecule has 18 rings (SSSR count). The number of phenolic OH excluding ortho intramolecular Hbond substituents is 1. The van der Waals surface area contributed by atoms with Gasteiger partial charge in [-0.2, -0.15) is 26.3 Å². The molecule has 30 heteroatoms. The standard InChI is InChI=1S/C27H29N3O2.C25H30F3N3O4.C25H32F3N3O3.C25H31N3O3.H2/c1-20(31)24-12-13-25-27(28(2)18-19-30(24)25)14-16-29(17-15-27)26(32)23-10-8-22(9-11-23)21-6-4-3-5-7-21;1-16(2)35-20-6-4-17(14-18(20)15-32)23(34)30-10-8-24(9-11-30)21-7-5-19(22(33)25(26,27)28)31(21)13-12-29(24)3;1-23(2,3)34-18-7-6-17(16-19(18)33-5)22(32)30-12-10-24(11-13-30)20-8-9-21(25(26,27)28)31(20)15-14-29(24)4;1-17-16-18(4-6-20(17)29)23(31)27-12-10-25(11-13-27)21-7-5-19(22(30)24(2)8-9-24)28(21)15-14-26(25)3;/h3-13H,14-19H2,1-2H3;4-7,14,16,32H,8-13,15H2,1-3H3;6-9,16H,10-15H2,1-5H3;4-7,16,29H,8-15H2,1-3H3;1H. The third-order valence-corrected chi connectivity index (χ3v) is 29.2. The lowest BCUT2D eigenvalue weighted by atomic mass is 9.81. The van der Waals surface area contributed by atoms with Crippen molar-refractivity contribution in [2.24, 2.45) is 5.41 Å². The van der Waals surface area contributed by atoms with Crippen molar-refractivity contribution in [1.82, 2.24) is 57.5 Å². The average molecular weight is 1820 g/mol. The lowest BCUT2D eigenvalue weighted by Gasteiger charge is -2.50. The van der Waals surface area contributed by atoms with Gasteiger partial charge in [-0.1, -0.05) is 49.4 Å². The van der Waals surface area contributed by atoms with Crippen molar-refractivity contribution in [2.45, 2.75) is 199 Å². The molecule has 4 aromatic heterocycles. The van der Waals surface area contributed by atoms with E-state index >= 15 is 0 Å². The summed E-state index contributed by atoms with van der Waals surface area (Å²) in [5.74, 6) is 0.175. The highest BCUT2D eigenvalue weighted by atomic mass is 19.4. The number of hydrogen-bond acceptors (Lipinski definition) is 16. The first-order valence-electron chi connectivity index (χ1n) is 45.9. The van der Waals surface area contributed by atoms with Gasteiger partial charge >= 0.3 is 12.4 Å². The molecule has 24 nitrogen and oxygen atoms in total. The summed E-state index contributed by atoms with van der Waals surface area (Å²) in [5.41, 5.74) is 8.47. The van der Waals surface area contributed by atoms with Crippen LogP contribution in [-0.4, -0.2) is 240 Å². The van der Waals surface area contributed by atoms with Crippen LogP contribution >= 0.6 is 0 Å². The molecule has 706 valence electrons. The number of aliphatic hydroxyl groups is 1. The van der Waals surface area contributed by atoms with Crippen LogP contribution in [0.1, 0.15) is 227 Å². The number of aromatic hydroxyl groups is 1. The van der Waals surface area contributed by atoms with Crippen molar-refractivity contribution in [3.05, 3.63) is 237 Å². The Bertz CT molecular complexity index is 5790. The SMILES string of the molecule is CC(=O)c1ccc2n1CCN(C)C21CCN(C(=O)c2ccc(-c3ccccc3)cc2)CC1.CC(C)Oc1ccc(C(=O)N2CCC3(CC2)c2ccc(C(=O)C(F)(F)F)n2CCN3C)cc1CO.COc1cc(C(=O)N2CCC3(CC2)c2ccc(C(F)(F)F)n2CCN3C)ccc1OC(C)(C)C.Cc1cc(C(=O)N2CCC3(CC2)c2ccc(C(=O)C4(C)CC4)n2CCN3C)ccc1O.[HH]. The van der Waals surface area contributed by atoms with Gasteiger partial charge in [-0.15, -0.1) is 0 Å². The molecule has 5 aromatic carbocycles. The molecule has 4 saturated heterocycles. The third kappa shape index (κ3) is 18.6. The molecular weight excluding hydrogens is 1700 g/mol. The van der Waals surface area contributed by atoms with Crippen molar-refractivity contribution in [3.63, 3.8) is 0 Å². The van der Waals surface area contributed by atoms with E-state index in [9.17, 15) is 70.1 Å². The maximum atomic E-state index is 13.5. The van der Waals surface area contributed by atoms with Crippen molar-refractivity contribution in [2.75, 3.05) is 114 Å². The van der Waals surface area contributed by atoms with Crippen molar-refractivity contribution in [1.29, 1.82) is 0 Å². The van der Waals surface area contributed by atoms with E-state index in [0.717, 1.165) is 92.8 Å². The summed E-state index contributed by atoms with van der Waals surface area (Å²) in [6.07, 6.45) is -1.76. The number of nitrogens with zero attached hydrogens (tertiary/aromatic N) is 12. The number of aliphatic hydroxyl groups excluding tert-OH is 1. The first kappa shape index (κ1) is 95.3. The Morgan fingerprint density at radius 1 is 0.432 bits per heavy atom. The summed E-state index contributed by atoms with van der Waals surface area (Å²) in [6.45, 7) is 24.5. The van der Waals surface area contributed by atoms with Crippen molar-refractivity contribution < 1.29 is 85.8 Å². The Balaban J connectivity index is 0.000000142. The Hall–Kier alpha value is -11.3. The predicted molar refractivity (Wildman–Crippen MR) is 491 cm³/mol. The summed E-state index contributed by atoms with van der Waals surface area (Å²) < 4.78 is 104. The number of methoxy groups -OCH3 is 1. The molecule has 4 amide bonds. The van der Waals surface area contributed by atoms with E-state index in [-0.39, 0.29) is 77.3 Å². The van der Waals surface area contributed by atoms with Gasteiger partial charge in [0, 0.05) is 169 Å². The number of ketones is 3. The number of aromatic nitrogens is 4. The largest absolute Gasteiger partial charge is 0.508 e. The molecular formula is C102H124F6N12O12. The maximum absolute atomic E-state index is 13.5. The number of Topliss-reactive ketones (excluding diaryl/α,β-unsaturated/α-hetero) is 3. The number of piperidine rings is 4. The van der Waals surface area contributed by atoms with E-state index in [2.05, 4.69) is 74.0 Å². The molecule has 132 heavy (non-hydrogen) atoms. The van der Waals surface area contributed by atoms with Crippen molar-refractivity contribution in [3.8, 4) is 34.1 Å². The molecule has 9 aliphatic rings. The van der Waals surface area contributed by atoms with Gasteiger partial charge < -0.3 is 62.3 Å². The number of alkyl halides is 6. The summed E-state index contributed by atoms with van der Waals surface area (Å²) in [4.78, 5) is 106. The van der Waals surface area contributed by atoms with Crippen LogP contribution in [0.25, 0.3) is 11.1 Å². The Morgan fingerprint density at radius 3 is 1.23 bits per heavy atom. The van der Waals surface area contributed by atoms with Gasteiger partial charge in [-0.05, 0) is 266 Å². The topological polar surface area (TPSA) is 233 Å². The molecule has 12 heterocycles. The van der Waals surface area contributed by atoms with Crippen LogP contribution < -0.4 is 14.2 Å². The van der Waals surface area contributed by atoms with E-state index in [1.54, 1.807) is 83.5 Å². The van der Waals surface area contributed by atoms with Crippen LogP contribution in [0.3, 0.4) is 0 Å². The minimum Gasteiger partial charge on any atom is -0.508 e. The molecule has 0 unspecified atom stereocenters. The smallest absolute Gasteiger partial charge is 0.456 e. The minimum atomic E-state index is -4.93. The quantitative estimate of drug-likeness (QED) is 0.0761. The molecule has 9 aromatic rings. The molecule has 4 spiro atoms. The molecule has 5 fully saturated rings. The molecule has 2 N–H and O–H groups in total. The zero-order chi connectivity index (χ0) is 94.7. The fourth-order valence-electron chi connectivity index (χ4n) is 21.2. The van der Waals surface area contributed by atoms with E-state index in [1.165, 1.54) is 39.8 Å². The Kier molecular flexibility index (Phi) is 26.9. The van der Waals surface area contributed by atoms with E-state index in [1.807, 2.05) is 120 Å². The minimum absolute atomic E-state index is 0. The van der Waals surface area contributed by atoms with Crippen LogP contribution in [-0.2, 0) is 61.1 Å². The number of hydrogen-bond donors (Lipinski definition) is 2. The predicted octanol–water partition coefficient (Wildman–Crippen LogP) is 16.6. The number of fused-ring (bicyclic) bond motifs is 8. The van der Waals surface area contributed by atoms with Gasteiger partial charge in [-0.3, -0.25) is 53.2 Å². The summed E-state index contributed by atoms with van der Waals surface area (Å²) in [5, 5.41) is 19.5. The van der Waals surface area contributed by atoms with Gasteiger partial charge in [0.25, 0.3) is 29.4 Å². The Morgan fingerprint density at radius 2 is 0.811 bits per heavy atom. The number of aryl methyl sites for hydroxylation is 1. The summed E-state index contributed by atoms with van der Waals surface area (Å²) >= 11 is 0. The average Bonchev–Trinajstić information content (AvgIpc) is 1.60. The zero-order valence-corrected chi connectivity index (χ0v) is 77.8. The summed E-state index contributed by atoms with van der Waals surface area (Å²) in [6, 6.07) is 47.3. The number of ether oxygens (including phenoxy) is 3. The van der Waals surface area contributed by atoms with E-state index in [0.29, 0.717) is 161 Å². The highest BCUT2D eigenvalue weighted by molar-refractivity contribution is 6.02. The van der Waals surface area contributed by atoms with Crippen molar-refractivity contribution >= 4 is 41.0 Å². The van der Waals surface area contributed by atoms with Gasteiger partial charge in [-0.25, -0.2) is 0 Å². The zero-order valence-electron chi connectivity index (χ0n) is 77.8. The molecule has 0 bridgehead atoms. The van der Waals surface area contributed by atoms with Gasteiger partial charge in [0.1, 0.15) is 22.8 Å². The second-order valence-electron chi connectivity index (χ2n) is 38.4. The van der Waals surface area contributed by atoms with Gasteiger partial charge in [0.2, 0.25) is 0 Å². The van der Waals surface area contributed by atoms with Gasteiger partial charge in [0.15, 0.2) is 23.1 Å². The first-order valence-corrected chi connectivity index (χ1v) is 45.9. The number of halogens is 6. The number of rotatable bonds is 14. The van der Waals surface area contributed by atoms with E-state index in [4.69, 9.17) is 14.2 Å². The number of benzene rings is 5. The molecule has 1 saturated carbocycles. The van der Waals surface area contributed by atoms with Crippen LogP contribution in [0.2, 0.25) is 0 Å². The molecule has 0 radical (unpaired) electrons. The maximum Gasteiger partial charge on any atom is 0.456 e. The molecule has 1 aliphatic carbocycles. The van der Waals surface area contributed by atoms with Crippen LogP contribution in [0.5, 0.6) is 23.0 Å². The number of likely N-dealkylation sites (tertiary alicyclic amines) is 4. The summed E-state index contributed by atoms with van der Waals surface area (Å²) in [7, 11) is 9.76. The highest BCUT2D eigenvalue weighted by Crippen LogP contribution is 2.51. The first-order chi connectivity index (χ1) is 62.6. The number of amides is 4.